The van der Waals surface area contributed by atoms with E-state index in [2.05, 4.69) is 5.32 Å². The third kappa shape index (κ3) is 7.12. The van der Waals surface area contributed by atoms with Crippen LogP contribution in [-0.2, 0) is 26.2 Å². The summed E-state index contributed by atoms with van der Waals surface area (Å²) in [5.41, 5.74) is 0.504. The molecule has 0 spiro atoms. The molecule has 0 heterocycles. The van der Waals surface area contributed by atoms with Gasteiger partial charge in [0.1, 0.15) is 12.6 Å². The first kappa shape index (κ1) is 30.1. The molecule has 38 heavy (non-hydrogen) atoms. The Balaban J connectivity index is 2.09. The predicted octanol–water partition coefficient (Wildman–Crippen LogP) is 6.05. The normalized spacial score (nSPS) is 12.1. The van der Waals surface area contributed by atoms with Gasteiger partial charge in [-0.15, -0.1) is 0 Å². The number of rotatable bonds is 10. The number of likely N-dealkylation sites (N-methyl/N-ethyl adjacent to an activating group) is 1. The smallest absolute Gasteiger partial charge is 0.264 e. The molecule has 0 unspecified atom stereocenters. The summed E-state index contributed by atoms with van der Waals surface area (Å²) in [5, 5.41) is 3.65. The highest BCUT2D eigenvalue weighted by atomic mass is 35.5. The Morgan fingerprint density at radius 2 is 1.47 bits per heavy atom. The molecule has 0 saturated carbocycles. The predicted molar refractivity (Wildman–Crippen MR) is 153 cm³/mol. The fourth-order valence-electron chi connectivity index (χ4n) is 3.69. The van der Waals surface area contributed by atoms with Crippen LogP contribution in [0.25, 0.3) is 0 Å². The Morgan fingerprint density at radius 3 is 2.03 bits per heavy atom. The minimum atomic E-state index is -4.25. The highest BCUT2D eigenvalue weighted by Gasteiger charge is 2.33. The second kappa shape index (κ2) is 13.0. The summed E-state index contributed by atoms with van der Waals surface area (Å²) in [6, 6.07) is 15.8. The number of benzene rings is 3. The van der Waals surface area contributed by atoms with Gasteiger partial charge in [0.15, 0.2) is 0 Å². The molecule has 0 aliphatic carbocycles. The Kier molecular flexibility index (Phi) is 10.3. The second-order valence-electron chi connectivity index (χ2n) is 8.24. The number of nitrogens with one attached hydrogen (secondary N) is 1. The zero-order valence-corrected chi connectivity index (χ0v) is 24.3. The first-order valence-electron chi connectivity index (χ1n) is 11.5. The molecule has 1 atom stereocenters. The fourth-order valence-corrected chi connectivity index (χ4v) is 6.14. The molecule has 0 saturated heterocycles. The summed E-state index contributed by atoms with van der Waals surface area (Å²) in [4.78, 5) is 27.8. The van der Waals surface area contributed by atoms with Crippen molar-refractivity contribution in [3.8, 4) is 0 Å². The largest absolute Gasteiger partial charge is 0.355 e. The van der Waals surface area contributed by atoms with Crippen LogP contribution in [0.15, 0.2) is 71.6 Å². The lowest BCUT2D eigenvalue weighted by atomic mass is 10.1. The number of anilines is 1. The SMILES string of the molecule is CCNC(=O)[C@@H](C)N(Cc1c(Cl)cccc1Cl)C(=O)CN(c1cc(Cl)cc(Cl)c1)S(=O)(=O)c1ccccc1. The van der Waals surface area contributed by atoms with Gasteiger partial charge in [-0.1, -0.05) is 70.7 Å². The Hall–Kier alpha value is -2.49. The first-order chi connectivity index (χ1) is 17.9. The van der Waals surface area contributed by atoms with Gasteiger partial charge in [0, 0.05) is 38.7 Å². The van der Waals surface area contributed by atoms with Crippen molar-refractivity contribution in [3.05, 3.63) is 92.4 Å². The van der Waals surface area contributed by atoms with Gasteiger partial charge < -0.3 is 10.2 Å². The number of amides is 2. The van der Waals surface area contributed by atoms with Gasteiger partial charge in [-0.05, 0) is 56.3 Å². The summed E-state index contributed by atoms with van der Waals surface area (Å²) in [6.45, 7) is 2.84. The van der Waals surface area contributed by atoms with Crippen LogP contribution in [-0.4, -0.2) is 44.3 Å². The molecule has 1 N–H and O–H groups in total. The number of hydrogen-bond donors (Lipinski definition) is 1. The number of sulfonamides is 1. The summed E-state index contributed by atoms with van der Waals surface area (Å²) in [7, 11) is -4.25. The summed E-state index contributed by atoms with van der Waals surface area (Å²) < 4.78 is 28.4. The van der Waals surface area contributed by atoms with Crippen LogP contribution in [0.5, 0.6) is 0 Å². The van der Waals surface area contributed by atoms with Crippen LogP contribution in [0.1, 0.15) is 19.4 Å². The first-order valence-corrected chi connectivity index (χ1v) is 14.4. The van der Waals surface area contributed by atoms with E-state index in [4.69, 9.17) is 46.4 Å². The molecule has 2 amide bonds. The minimum Gasteiger partial charge on any atom is -0.355 e. The molecule has 0 radical (unpaired) electrons. The monoisotopic (exact) mass is 615 g/mol. The Bertz CT molecular complexity index is 1380. The van der Waals surface area contributed by atoms with Gasteiger partial charge in [-0.2, -0.15) is 0 Å². The third-order valence-electron chi connectivity index (χ3n) is 5.65. The van der Waals surface area contributed by atoms with Crippen LogP contribution in [0.4, 0.5) is 5.69 Å². The number of hydrogen-bond acceptors (Lipinski definition) is 4. The maximum absolute atomic E-state index is 13.8. The van der Waals surface area contributed by atoms with Gasteiger partial charge in [0.25, 0.3) is 10.0 Å². The molecule has 0 aromatic heterocycles. The lowest BCUT2D eigenvalue weighted by molar-refractivity contribution is -0.139. The standard InChI is InChI=1S/C26H25Cl4N3O4S/c1-3-31-26(35)17(2)32(15-22-23(29)10-7-11-24(22)30)25(34)16-33(20-13-18(27)12-19(28)14-20)38(36,37)21-8-5-4-6-9-21/h4-14,17H,3,15-16H2,1-2H3,(H,31,35)/t17-/m1/s1. The molecule has 0 aliphatic heterocycles. The molecular formula is C26H25Cl4N3O4S. The molecule has 12 heteroatoms. The molecule has 0 bridgehead atoms. The molecule has 3 aromatic carbocycles. The van der Waals surface area contributed by atoms with Crippen molar-refractivity contribution in [2.24, 2.45) is 0 Å². The fraction of sp³-hybridized carbons (Fsp3) is 0.231. The number of halogens is 4. The second-order valence-corrected chi connectivity index (χ2v) is 11.8. The van der Waals surface area contributed by atoms with Crippen molar-refractivity contribution in [2.45, 2.75) is 31.3 Å². The van der Waals surface area contributed by atoms with E-state index in [1.165, 1.54) is 35.2 Å². The van der Waals surface area contributed by atoms with Crippen LogP contribution >= 0.6 is 46.4 Å². The van der Waals surface area contributed by atoms with Crippen molar-refractivity contribution < 1.29 is 18.0 Å². The summed E-state index contributed by atoms with van der Waals surface area (Å²) >= 11 is 25.1. The van der Waals surface area contributed by atoms with E-state index in [1.54, 1.807) is 50.2 Å². The van der Waals surface area contributed by atoms with E-state index in [1.807, 2.05) is 0 Å². The lowest BCUT2D eigenvalue weighted by Crippen LogP contribution is -2.51. The van der Waals surface area contributed by atoms with E-state index in [0.29, 0.717) is 22.2 Å². The van der Waals surface area contributed by atoms with Crippen LogP contribution in [0, 0.1) is 0 Å². The van der Waals surface area contributed by atoms with Crippen molar-refractivity contribution in [1.29, 1.82) is 0 Å². The highest BCUT2D eigenvalue weighted by molar-refractivity contribution is 7.92. The van der Waals surface area contributed by atoms with E-state index < -0.39 is 34.4 Å². The quantitative estimate of drug-likeness (QED) is 0.300. The van der Waals surface area contributed by atoms with E-state index in [0.717, 1.165) is 4.31 Å². The maximum Gasteiger partial charge on any atom is 0.264 e. The van der Waals surface area contributed by atoms with Crippen LogP contribution in [0.3, 0.4) is 0 Å². The van der Waals surface area contributed by atoms with Gasteiger partial charge >= 0.3 is 0 Å². The number of nitrogens with zero attached hydrogens (tertiary/aromatic N) is 2. The van der Waals surface area contributed by atoms with Crippen LogP contribution in [0.2, 0.25) is 20.1 Å². The zero-order chi connectivity index (χ0) is 28.0. The Morgan fingerprint density at radius 1 is 0.895 bits per heavy atom. The van der Waals surface area contributed by atoms with Gasteiger partial charge in [0.05, 0.1) is 10.6 Å². The maximum atomic E-state index is 13.8. The third-order valence-corrected chi connectivity index (χ3v) is 8.59. The van der Waals surface area contributed by atoms with Crippen molar-refractivity contribution in [1.82, 2.24) is 10.2 Å². The highest BCUT2D eigenvalue weighted by Crippen LogP contribution is 2.31. The lowest BCUT2D eigenvalue weighted by Gasteiger charge is -2.32. The topological polar surface area (TPSA) is 86.8 Å². The number of carbonyl (C=O) groups is 2. The summed E-state index contributed by atoms with van der Waals surface area (Å²) in [5.74, 6) is -1.09. The molecule has 3 rings (SSSR count). The molecule has 7 nitrogen and oxygen atoms in total. The van der Waals surface area contributed by atoms with E-state index >= 15 is 0 Å². The van der Waals surface area contributed by atoms with Crippen molar-refractivity contribution in [2.75, 3.05) is 17.4 Å². The molecule has 0 aliphatic rings. The molecule has 0 fully saturated rings. The van der Waals surface area contributed by atoms with Gasteiger partial charge in [-0.25, -0.2) is 8.42 Å². The van der Waals surface area contributed by atoms with Gasteiger partial charge in [0.2, 0.25) is 11.8 Å². The van der Waals surface area contributed by atoms with Crippen LogP contribution < -0.4 is 9.62 Å². The molecule has 202 valence electrons. The van der Waals surface area contributed by atoms with Crippen molar-refractivity contribution >= 4 is 73.9 Å². The zero-order valence-electron chi connectivity index (χ0n) is 20.5. The molecule has 3 aromatic rings. The number of carbonyl (C=O) groups excluding carboxylic acids is 2. The van der Waals surface area contributed by atoms with Crippen molar-refractivity contribution in [3.63, 3.8) is 0 Å². The minimum absolute atomic E-state index is 0.0404. The summed E-state index contributed by atoms with van der Waals surface area (Å²) in [6.07, 6.45) is 0. The van der Waals surface area contributed by atoms with E-state index in [9.17, 15) is 18.0 Å². The molecular weight excluding hydrogens is 592 g/mol. The van der Waals surface area contributed by atoms with E-state index in [-0.39, 0.29) is 27.2 Å². The average Bonchev–Trinajstić information content (AvgIpc) is 2.86. The average molecular weight is 617 g/mol. The Labute approximate surface area is 242 Å². The van der Waals surface area contributed by atoms with Gasteiger partial charge in [-0.3, -0.25) is 13.9 Å².